The summed E-state index contributed by atoms with van der Waals surface area (Å²) in [5, 5.41) is 42.1. The molecule has 0 aliphatic carbocycles. The van der Waals surface area contributed by atoms with Crippen molar-refractivity contribution in [1.82, 2.24) is 57.5 Å². The van der Waals surface area contributed by atoms with E-state index in [-0.39, 0.29) is 69.1 Å². The van der Waals surface area contributed by atoms with Gasteiger partial charge in [-0.05, 0) is 334 Å². The molecule has 1 radical (unpaired) electrons. The molecule has 1 unspecified atom stereocenters. The average molecular weight is 2230 g/mol. The fourth-order valence-electron chi connectivity index (χ4n) is 19.6. The molecule has 0 bridgehead atoms. The molecule has 143 heavy (non-hydrogen) atoms. The molecule has 24 rings (SSSR count). The number of carbonyl (C=O) groups excluding carboxylic acids is 2. The largest absolute Gasteiger partial charge is 3.00 e. The summed E-state index contributed by atoms with van der Waals surface area (Å²) < 4.78 is 9.08. The molecule has 4 N–H and O–H groups in total. The minimum absolute atomic E-state index is 0. The minimum Gasteiger partial charge on any atom is -0.513 e. The maximum atomic E-state index is 10.0. The molecule has 0 spiro atoms. The molecular formula is C123H107Ir2N12O6. The Morgan fingerprint density at radius 1 is 0.287 bits per heavy atom. The van der Waals surface area contributed by atoms with E-state index in [9.17, 15) is 9.59 Å². The monoisotopic (exact) mass is 2230 g/mol. The SMILES string of the molecule is CC(=O)C=C(C)O.CC(=O)C=C(C)O.CC(O)=CC(C)O.Cc1c[c-]c2c(n1)c1ccc(-c3c(C)cccc3C)cc1n1c3ccccc3nc21.Cc1c[c-]c2c(n1)c1ccc(-c3c(C)cccc3C)cc1n1c3ccccc3nc21.Cc1c[c-]c2c(n1)c1ccc(-c3c(C)cccc3C)cc1n1c3ccccc3nc21.Cc1ccc2c(n1)c1ccc(-c3c(C)cccc3C)cc1n1c3ccccc3nc21.[Ir+3].[Ir]. The number of aryl methyl sites for hydroxylation is 12. The van der Waals surface area contributed by atoms with Crippen LogP contribution in [0.2, 0.25) is 0 Å². The van der Waals surface area contributed by atoms with E-state index in [1.807, 2.05) is 70.2 Å². The van der Waals surface area contributed by atoms with Crippen LogP contribution in [0.4, 0.5) is 0 Å². The Morgan fingerprint density at radius 3 is 0.776 bits per heavy atom. The summed E-state index contributed by atoms with van der Waals surface area (Å²) in [5.74, 6) is 0.0370. The number of benzene rings is 12. The van der Waals surface area contributed by atoms with E-state index < -0.39 is 6.10 Å². The van der Waals surface area contributed by atoms with Gasteiger partial charge in [-0.3, -0.25) is 33.9 Å². The molecule has 0 aliphatic heterocycles. The standard InChI is InChI=1S/C27H21N3.3C27H20N3.C5H10O2.2C5H8O2.2Ir/c4*1-16-7-6-8-17(2)25(16)19-12-14-20-24(15-19)30-23-10-5-4-9-22(23)29-27(30)21-13-11-18(3)28-26(20)21;3*1-4(6)3-5(2)7;;/h4-15H,1-3H3;3*4-12,14-15H,1-3H3;3-4,6-7H,1-2H3;2*3,6H,1-2H3;;/q;3*-1;;;;;+3. The van der Waals surface area contributed by atoms with Gasteiger partial charge in [0.15, 0.2) is 11.6 Å². The number of nitrogens with zero attached hydrogens (tertiary/aromatic N) is 12. The van der Waals surface area contributed by atoms with Crippen LogP contribution in [-0.4, -0.2) is 95.6 Å². The first-order valence-corrected chi connectivity index (χ1v) is 47.1. The number of allylic oxidation sites excluding steroid dienone is 5. The summed E-state index contributed by atoms with van der Waals surface area (Å²) >= 11 is 0. The van der Waals surface area contributed by atoms with Crippen LogP contribution in [-0.2, 0) is 49.8 Å². The number of aliphatic hydroxyl groups is 4. The van der Waals surface area contributed by atoms with Crippen molar-refractivity contribution in [3.8, 4) is 44.5 Å². The molecular weight excluding hydrogens is 2130 g/mol. The van der Waals surface area contributed by atoms with E-state index in [0.29, 0.717) is 0 Å². The number of ketones is 2. The molecule has 24 aromatic rings. The van der Waals surface area contributed by atoms with Gasteiger partial charge in [0.05, 0.1) is 95.5 Å². The Morgan fingerprint density at radius 2 is 0.531 bits per heavy atom. The topological polar surface area (TPSA) is 236 Å². The van der Waals surface area contributed by atoms with Crippen LogP contribution >= 0.6 is 0 Å². The number of rotatable bonds is 7. The molecule has 1 atom stereocenters. The number of hydrogen-bond donors (Lipinski definition) is 4. The van der Waals surface area contributed by atoms with Gasteiger partial charge in [-0.1, -0.05) is 207 Å². The Labute approximate surface area is 856 Å². The Balaban J connectivity index is 0.000000127. The maximum Gasteiger partial charge on any atom is 3.00 e. The van der Waals surface area contributed by atoms with Crippen LogP contribution < -0.4 is 0 Å². The molecule has 0 amide bonds. The quantitative estimate of drug-likeness (QED) is 0.0503. The van der Waals surface area contributed by atoms with E-state index in [1.54, 1.807) is 6.92 Å². The van der Waals surface area contributed by atoms with Gasteiger partial charge >= 0.3 is 20.1 Å². The van der Waals surface area contributed by atoms with E-state index >= 15 is 0 Å². The van der Waals surface area contributed by atoms with Gasteiger partial charge in [0.1, 0.15) is 5.65 Å². The van der Waals surface area contributed by atoms with Gasteiger partial charge in [-0.2, -0.15) is 0 Å². The number of imidazole rings is 4. The number of fused-ring (bicyclic) bond motifs is 32. The fraction of sp³-hybridized carbons (Fsp3) is 0.154. The van der Waals surface area contributed by atoms with Crippen LogP contribution in [0.1, 0.15) is 109 Å². The summed E-state index contributed by atoms with van der Waals surface area (Å²) in [5.41, 5.74) is 44.7. The van der Waals surface area contributed by atoms with Crippen molar-refractivity contribution in [2.75, 3.05) is 0 Å². The Kier molecular flexibility index (Phi) is 29.5. The predicted octanol–water partition coefficient (Wildman–Crippen LogP) is 29.4. The van der Waals surface area contributed by atoms with Crippen molar-refractivity contribution in [2.24, 2.45) is 0 Å². The number of aliphatic hydroxyl groups excluding tert-OH is 4. The molecule has 713 valence electrons. The molecule has 20 heteroatoms. The first-order valence-electron chi connectivity index (χ1n) is 47.1. The number of aromatic nitrogens is 12. The molecule has 12 aromatic carbocycles. The van der Waals surface area contributed by atoms with Crippen LogP contribution in [0, 0.1) is 101 Å². The van der Waals surface area contributed by atoms with Gasteiger partial charge in [-0.15, -0.1) is 36.4 Å². The summed E-state index contributed by atoms with van der Waals surface area (Å²) in [7, 11) is 0. The normalized spacial score (nSPS) is 11.9. The van der Waals surface area contributed by atoms with Gasteiger partial charge in [0, 0.05) is 65.3 Å². The Hall–Kier alpha value is -15.7. The summed E-state index contributed by atoms with van der Waals surface area (Å²) in [6.45, 7) is 34.3. The second kappa shape index (κ2) is 42.0. The summed E-state index contributed by atoms with van der Waals surface area (Å²) in [4.78, 5) is 59.4. The summed E-state index contributed by atoms with van der Waals surface area (Å²) in [6.07, 6.45) is 3.16. The average Bonchev–Trinajstić information content (AvgIpc) is 1.60. The zero-order valence-corrected chi connectivity index (χ0v) is 87.7. The van der Waals surface area contributed by atoms with Crippen molar-refractivity contribution in [3.63, 3.8) is 0 Å². The molecule has 0 saturated carbocycles. The first-order chi connectivity index (χ1) is 67.8. The van der Waals surface area contributed by atoms with Crippen LogP contribution in [0.25, 0.3) is 198 Å². The Bertz CT molecular complexity index is 8200. The minimum atomic E-state index is -0.537. The van der Waals surface area contributed by atoms with Crippen LogP contribution in [0.15, 0.2) is 308 Å². The molecule has 18 nitrogen and oxygen atoms in total. The smallest absolute Gasteiger partial charge is 0.513 e. The number of pyridine rings is 8. The third-order valence-electron chi connectivity index (χ3n) is 25.4. The van der Waals surface area contributed by atoms with E-state index in [0.717, 1.165) is 177 Å². The van der Waals surface area contributed by atoms with E-state index in [4.69, 9.17) is 60.3 Å². The van der Waals surface area contributed by atoms with Crippen LogP contribution in [0.3, 0.4) is 0 Å². The molecule has 0 fully saturated rings. The van der Waals surface area contributed by atoms with Crippen molar-refractivity contribution < 1.29 is 70.2 Å². The first kappa shape index (κ1) is 100. The molecule has 12 heterocycles. The zero-order chi connectivity index (χ0) is 99.2. The maximum absolute atomic E-state index is 10.0. The number of hydrogen-bond acceptors (Lipinski definition) is 14. The zero-order valence-electron chi connectivity index (χ0n) is 82.9. The third-order valence-corrected chi connectivity index (χ3v) is 25.4. The summed E-state index contributed by atoms with van der Waals surface area (Å²) in [6, 6.07) is 106. The third kappa shape index (κ3) is 20.0. The number of carbonyl (C=O) groups is 2. The van der Waals surface area contributed by atoms with E-state index in [2.05, 4.69) is 322 Å². The molecule has 0 saturated heterocycles. The molecule has 12 aromatic heterocycles. The number of para-hydroxylation sites is 8. The van der Waals surface area contributed by atoms with Gasteiger partial charge in [0.2, 0.25) is 0 Å². The van der Waals surface area contributed by atoms with Crippen molar-refractivity contribution in [2.45, 2.75) is 131 Å². The molecule has 0 aliphatic rings. The second-order valence-corrected chi connectivity index (χ2v) is 36.5. The van der Waals surface area contributed by atoms with Gasteiger partial charge in [-0.25, -0.2) is 4.98 Å². The van der Waals surface area contributed by atoms with Crippen molar-refractivity contribution in [3.05, 3.63) is 394 Å². The van der Waals surface area contributed by atoms with Gasteiger partial charge < -0.3 is 48.6 Å². The predicted molar refractivity (Wildman–Crippen MR) is 579 cm³/mol. The van der Waals surface area contributed by atoms with E-state index in [1.165, 1.54) is 142 Å². The van der Waals surface area contributed by atoms with Crippen molar-refractivity contribution in [1.29, 1.82) is 0 Å². The van der Waals surface area contributed by atoms with Crippen LogP contribution in [0.5, 0.6) is 0 Å². The van der Waals surface area contributed by atoms with Crippen molar-refractivity contribution >= 4 is 166 Å². The second-order valence-electron chi connectivity index (χ2n) is 36.5. The van der Waals surface area contributed by atoms with Gasteiger partial charge in [0.25, 0.3) is 0 Å². The fourth-order valence-corrected chi connectivity index (χ4v) is 19.6.